The van der Waals surface area contributed by atoms with Crippen LogP contribution in [0.3, 0.4) is 0 Å². The number of phenolic OH excluding ortho intramolecular Hbond substituents is 2. The smallest absolute Gasteiger partial charge is 0.201 e. The Morgan fingerprint density at radius 2 is 1.08 bits per heavy atom. The molecule has 0 aliphatic carbocycles. The Morgan fingerprint density at radius 3 is 1.56 bits per heavy atom. The Morgan fingerprint density at radius 1 is 0.640 bits per heavy atom. The lowest BCUT2D eigenvalue weighted by Crippen LogP contribution is -2.03. The number of rotatable bonds is 0. The summed E-state index contributed by atoms with van der Waals surface area (Å²) in [6, 6.07) is 17.1. The minimum absolute atomic E-state index is 0.0926. The van der Waals surface area contributed by atoms with Crippen LogP contribution in [0.25, 0.3) is 43.5 Å². The van der Waals surface area contributed by atoms with Gasteiger partial charge in [0.15, 0.2) is 0 Å². The maximum absolute atomic E-state index is 13.3. The topological polar surface area (TPSA) is 70.7 Å². The van der Waals surface area contributed by atoms with E-state index in [0.29, 0.717) is 32.7 Å². The van der Waals surface area contributed by atoms with E-state index in [2.05, 4.69) is 0 Å². The summed E-state index contributed by atoms with van der Waals surface area (Å²) in [6.45, 7) is 0. The molecule has 5 rings (SSSR count). The predicted octanol–water partition coefficient (Wildman–Crippen LogP) is 4.66. The first kappa shape index (κ1) is 13.9. The molecule has 120 valence electrons. The average molecular weight is 328 g/mol. The van der Waals surface area contributed by atoms with Crippen LogP contribution in [-0.4, -0.2) is 10.2 Å². The summed E-state index contributed by atoms with van der Waals surface area (Å²) in [5.74, 6) is 0.185. The summed E-state index contributed by atoms with van der Waals surface area (Å²) in [7, 11) is 0. The molecule has 0 fully saturated rings. The first-order chi connectivity index (χ1) is 12.1. The van der Waals surface area contributed by atoms with E-state index >= 15 is 0 Å². The first-order valence-corrected chi connectivity index (χ1v) is 7.86. The molecular weight excluding hydrogens is 316 g/mol. The third-order valence-corrected chi connectivity index (χ3v) is 4.61. The number of hydrogen-bond acceptors (Lipinski definition) is 4. The second-order valence-electron chi connectivity index (χ2n) is 6.12. The van der Waals surface area contributed by atoms with Crippen LogP contribution in [0.4, 0.5) is 0 Å². The third kappa shape index (κ3) is 1.91. The monoisotopic (exact) mass is 328 g/mol. The molecule has 0 aliphatic rings. The molecule has 1 aromatic heterocycles. The van der Waals surface area contributed by atoms with E-state index in [1.165, 1.54) is 0 Å². The highest BCUT2D eigenvalue weighted by atomic mass is 16.3. The van der Waals surface area contributed by atoms with E-state index in [1.807, 2.05) is 12.1 Å². The molecule has 0 amide bonds. The zero-order valence-corrected chi connectivity index (χ0v) is 13.0. The lowest BCUT2D eigenvalue weighted by atomic mass is 10.0. The fourth-order valence-corrected chi connectivity index (χ4v) is 3.46. The zero-order valence-electron chi connectivity index (χ0n) is 13.0. The molecule has 0 radical (unpaired) electrons. The third-order valence-electron chi connectivity index (χ3n) is 4.61. The van der Waals surface area contributed by atoms with Crippen LogP contribution in [-0.2, 0) is 0 Å². The average Bonchev–Trinajstić information content (AvgIpc) is 2.60. The van der Waals surface area contributed by atoms with Crippen molar-refractivity contribution in [1.29, 1.82) is 0 Å². The molecule has 25 heavy (non-hydrogen) atoms. The fraction of sp³-hybridized carbons (Fsp3) is 0. The van der Waals surface area contributed by atoms with Gasteiger partial charge in [-0.15, -0.1) is 0 Å². The molecule has 4 nitrogen and oxygen atoms in total. The lowest BCUT2D eigenvalue weighted by molar-refractivity contribution is 0.475. The normalized spacial score (nSPS) is 11.7. The number of aromatic hydroxyl groups is 2. The molecule has 0 spiro atoms. The highest BCUT2D eigenvalue weighted by Crippen LogP contribution is 2.32. The van der Waals surface area contributed by atoms with Gasteiger partial charge in [-0.25, -0.2) is 0 Å². The van der Waals surface area contributed by atoms with Crippen LogP contribution in [0.2, 0.25) is 0 Å². The van der Waals surface area contributed by atoms with Gasteiger partial charge in [0.2, 0.25) is 5.43 Å². The molecule has 1 heterocycles. The molecule has 5 aromatic rings. The number of hydrogen-bond donors (Lipinski definition) is 2. The SMILES string of the molecule is O=c1c2c(ccc3ccc(O)cc32)oc2ccc3ccc(O)cc3c12. The fourth-order valence-electron chi connectivity index (χ4n) is 3.46. The van der Waals surface area contributed by atoms with Crippen molar-refractivity contribution >= 4 is 43.5 Å². The van der Waals surface area contributed by atoms with Gasteiger partial charge in [0.05, 0.1) is 10.8 Å². The van der Waals surface area contributed by atoms with Crippen LogP contribution in [0.5, 0.6) is 11.5 Å². The van der Waals surface area contributed by atoms with E-state index in [9.17, 15) is 15.0 Å². The molecule has 2 N–H and O–H groups in total. The number of fused-ring (bicyclic) bond motifs is 6. The van der Waals surface area contributed by atoms with E-state index in [4.69, 9.17) is 4.42 Å². The summed E-state index contributed by atoms with van der Waals surface area (Å²) in [4.78, 5) is 13.3. The highest BCUT2D eigenvalue weighted by molar-refractivity contribution is 6.13. The maximum Gasteiger partial charge on any atom is 0.201 e. The van der Waals surface area contributed by atoms with Crippen molar-refractivity contribution in [3.8, 4) is 11.5 Å². The van der Waals surface area contributed by atoms with Crippen molar-refractivity contribution < 1.29 is 14.6 Å². The van der Waals surface area contributed by atoms with Crippen molar-refractivity contribution in [3.63, 3.8) is 0 Å². The Hall–Kier alpha value is -3.53. The van der Waals surface area contributed by atoms with Crippen LogP contribution < -0.4 is 5.43 Å². The minimum Gasteiger partial charge on any atom is -0.508 e. The summed E-state index contributed by atoms with van der Waals surface area (Å²) >= 11 is 0. The van der Waals surface area contributed by atoms with Crippen molar-refractivity contribution in [2.45, 2.75) is 0 Å². The molecule has 0 atom stereocenters. The summed E-state index contributed by atoms with van der Waals surface area (Å²) < 4.78 is 5.96. The van der Waals surface area contributed by atoms with Gasteiger partial charge in [-0.05, 0) is 47.2 Å². The van der Waals surface area contributed by atoms with Gasteiger partial charge in [-0.2, -0.15) is 0 Å². The summed E-state index contributed by atoms with van der Waals surface area (Å²) in [5, 5.41) is 23.5. The summed E-state index contributed by atoms with van der Waals surface area (Å²) in [5.41, 5.74) is 0.758. The molecule has 4 aromatic carbocycles. The van der Waals surface area contributed by atoms with Gasteiger partial charge in [0.1, 0.15) is 22.7 Å². The van der Waals surface area contributed by atoms with Gasteiger partial charge in [-0.1, -0.05) is 24.3 Å². The second kappa shape index (κ2) is 4.74. The van der Waals surface area contributed by atoms with Crippen molar-refractivity contribution in [1.82, 2.24) is 0 Å². The predicted molar refractivity (Wildman–Crippen MR) is 98.3 cm³/mol. The molecule has 0 saturated carbocycles. The van der Waals surface area contributed by atoms with E-state index in [1.54, 1.807) is 48.5 Å². The second-order valence-corrected chi connectivity index (χ2v) is 6.12. The van der Waals surface area contributed by atoms with Gasteiger partial charge >= 0.3 is 0 Å². The molecule has 0 bridgehead atoms. The van der Waals surface area contributed by atoms with Crippen LogP contribution in [0, 0.1) is 0 Å². The molecule has 0 unspecified atom stereocenters. The molecule has 4 heteroatoms. The van der Waals surface area contributed by atoms with Gasteiger partial charge in [-0.3, -0.25) is 4.79 Å². The lowest BCUT2D eigenvalue weighted by Gasteiger charge is -2.08. The Labute approximate surface area is 141 Å². The van der Waals surface area contributed by atoms with Gasteiger partial charge in [0.25, 0.3) is 0 Å². The molecule has 0 saturated heterocycles. The molecule has 0 aliphatic heterocycles. The quantitative estimate of drug-likeness (QED) is 0.320. The van der Waals surface area contributed by atoms with E-state index in [-0.39, 0.29) is 16.9 Å². The van der Waals surface area contributed by atoms with Crippen molar-refractivity contribution in [2.24, 2.45) is 0 Å². The van der Waals surface area contributed by atoms with E-state index < -0.39 is 0 Å². The standard InChI is InChI=1S/C21H12O4/c22-13-5-1-11-3-7-17-19(15(11)9-13)21(24)20-16-10-14(23)6-2-12(16)4-8-18(20)25-17/h1-10,22-23H. The van der Waals surface area contributed by atoms with Gasteiger partial charge in [0, 0.05) is 10.8 Å². The largest absolute Gasteiger partial charge is 0.508 e. The minimum atomic E-state index is -0.177. The Balaban J connectivity index is 2.11. The maximum atomic E-state index is 13.3. The highest BCUT2D eigenvalue weighted by Gasteiger charge is 2.14. The Kier molecular flexibility index (Phi) is 2.63. The van der Waals surface area contributed by atoms with Crippen LogP contribution >= 0.6 is 0 Å². The van der Waals surface area contributed by atoms with Crippen molar-refractivity contribution in [2.75, 3.05) is 0 Å². The number of benzene rings is 4. The van der Waals surface area contributed by atoms with Gasteiger partial charge < -0.3 is 14.6 Å². The van der Waals surface area contributed by atoms with Crippen LogP contribution in [0.15, 0.2) is 69.9 Å². The Bertz CT molecular complexity index is 1280. The van der Waals surface area contributed by atoms with E-state index in [0.717, 1.165) is 10.8 Å². The summed E-state index contributed by atoms with van der Waals surface area (Å²) in [6.07, 6.45) is 0. The first-order valence-electron chi connectivity index (χ1n) is 7.86. The zero-order chi connectivity index (χ0) is 17.1. The molecular formula is C21H12O4. The number of phenols is 2. The van der Waals surface area contributed by atoms with Crippen LogP contribution in [0.1, 0.15) is 0 Å². The van der Waals surface area contributed by atoms with Crippen molar-refractivity contribution in [3.05, 3.63) is 70.9 Å².